The summed E-state index contributed by atoms with van der Waals surface area (Å²) in [6.07, 6.45) is 0.0465. The molecule has 1 amide bonds. The van der Waals surface area contributed by atoms with Crippen molar-refractivity contribution in [3.63, 3.8) is 0 Å². The number of fused-ring (bicyclic) bond motifs is 1. The molecule has 11 nitrogen and oxygen atoms in total. The third-order valence-corrected chi connectivity index (χ3v) is 6.30. The zero-order chi connectivity index (χ0) is 24.6. The number of rotatable bonds is 5. The second-order valence-corrected chi connectivity index (χ2v) is 8.61. The topological polar surface area (TPSA) is 164 Å². The number of anilines is 1. The number of carbonyl (C=O) groups is 2. The number of ether oxygens (including phenoxy) is 1. The standard InChI is InChI=1S/C22H12ClN5O6S/c23-12-4-2-1-3-11(12)10-32-21(31)26-16-13(9-24)28-35-14(16)5-6-15-25-17-18(33-15)34-19(27-17)22(7-8-22)20(29)30/h1-4H,7-8,10H2,(H,26,31)(H,29,30). The van der Waals surface area contributed by atoms with Gasteiger partial charge in [-0.15, -0.1) is 0 Å². The van der Waals surface area contributed by atoms with Crippen LogP contribution < -0.4 is 5.32 Å². The summed E-state index contributed by atoms with van der Waals surface area (Å²) in [6, 6.07) is 8.80. The van der Waals surface area contributed by atoms with Crippen LogP contribution in [0.3, 0.4) is 0 Å². The minimum atomic E-state index is -1.12. The summed E-state index contributed by atoms with van der Waals surface area (Å²) in [5.41, 5.74) is -0.353. The highest BCUT2D eigenvalue weighted by molar-refractivity contribution is 7.07. The van der Waals surface area contributed by atoms with Gasteiger partial charge < -0.3 is 18.7 Å². The predicted molar refractivity (Wildman–Crippen MR) is 121 cm³/mol. The minimum absolute atomic E-state index is 0.0372. The molecule has 0 saturated heterocycles. The van der Waals surface area contributed by atoms with Crippen LogP contribution in [0.2, 0.25) is 5.02 Å². The number of carboxylic acids is 1. The quantitative estimate of drug-likeness (QED) is 0.374. The maximum absolute atomic E-state index is 12.3. The first-order valence-electron chi connectivity index (χ1n) is 10.00. The Morgan fingerprint density at radius 1 is 1.26 bits per heavy atom. The van der Waals surface area contributed by atoms with Crippen LogP contribution in [0.15, 0.2) is 33.1 Å². The highest BCUT2D eigenvalue weighted by Gasteiger charge is 2.56. The van der Waals surface area contributed by atoms with E-state index in [9.17, 15) is 20.0 Å². The number of carbonyl (C=O) groups excluding carboxylic acids is 1. The van der Waals surface area contributed by atoms with Crippen molar-refractivity contribution in [1.82, 2.24) is 14.3 Å². The van der Waals surface area contributed by atoms with Crippen LogP contribution in [0.25, 0.3) is 11.4 Å². The summed E-state index contributed by atoms with van der Waals surface area (Å²) >= 11 is 6.95. The molecular weight excluding hydrogens is 498 g/mol. The van der Waals surface area contributed by atoms with Gasteiger partial charge in [0, 0.05) is 10.6 Å². The van der Waals surface area contributed by atoms with Crippen molar-refractivity contribution in [3.05, 3.63) is 57.2 Å². The number of amides is 1. The second-order valence-electron chi connectivity index (χ2n) is 7.43. The molecule has 0 spiro atoms. The highest BCUT2D eigenvalue weighted by atomic mass is 35.5. The molecule has 1 fully saturated rings. The second kappa shape index (κ2) is 8.76. The van der Waals surface area contributed by atoms with E-state index in [1.165, 1.54) is 0 Å². The summed E-state index contributed by atoms with van der Waals surface area (Å²) in [5.74, 6) is 4.35. The molecule has 1 aliphatic rings. The van der Waals surface area contributed by atoms with Gasteiger partial charge in [0.25, 0.3) is 5.89 Å². The van der Waals surface area contributed by atoms with Crippen LogP contribution in [0, 0.1) is 23.2 Å². The molecule has 1 saturated carbocycles. The average Bonchev–Trinajstić information content (AvgIpc) is 3.23. The van der Waals surface area contributed by atoms with Crippen LogP contribution >= 0.6 is 23.1 Å². The maximum Gasteiger partial charge on any atom is 0.412 e. The molecule has 5 rings (SSSR count). The molecule has 0 bridgehead atoms. The lowest BCUT2D eigenvalue weighted by Gasteiger charge is -2.07. The van der Waals surface area contributed by atoms with Gasteiger partial charge >= 0.3 is 17.8 Å². The number of nitrogens with one attached hydrogen (secondary N) is 1. The van der Waals surface area contributed by atoms with Crippen LogP contribution in [0.4, 0.5) is 10.5 Å². The van der Waals surface area contributed by atoms with Crippen molar-refractivity contribution in [2.24, 2.45) is 0 Å². The smallest absolute Gasteiger partial charge is 0.412 e. The average molecular weight is 510 g/mol. The summed E-state index contributed by atoms with van der Waals surface area (Å²) in [5, 5.41) is 21.6. The molecule has 3 heterocycles. The molecule has 0 unspecified atom stereocenters. The first kappa shape index (κ1) is 22.4. The molecule has 2 N–H and O–H groups in total. The number of nitrogens with zero attached hydrogens (tertiary/aromatic N) is 4. The summed E-state index contributed by atoms with van der Waals surface area (Å²) in [4.78, 5) is 32.2. The largest absolute Gasteiger partial charge is 0.480 e. The molecule has 0 atom stereocenters. The van der Waals surface area contributed by atoms with E-state index in [-0.39, 0.29) is 46.1 Å². The Kier molecular flexibility index (Phi) is 5.61. The van der Waals surface area contributed by atoms with Crippen LogP contribution in [-0.4, -0.2) is 31.5 Å². The Bertz CT molecular complexity index is 1550. The number of benzene rings is 1. The number of nitriles is 1. The Hall–Kier alpha value is -4.39. The van der Waals surface area contributed by atoms with Crippen molar-refractivity contribution >= 4 is 52.3 Å². The highest BCUT2D eigenvalue weighted by Crippen LogP contribution is 2.48. The number of hydrogen-bond donors (Lipinski definition) is 2. The summed E-state index contributed by atoms with van der Waals surface area (Å²) in [6.45, 7) is -0.0699. The lowest BCUT2D eigenvalue weighted by molar-refractivity contribution is -0.140. The van der Waals surface area contributed by atoms with Crippen molar-refractivity contribution in [2.75, 3.05) is 5.32 Å². The molecular formula is C22H12ClN5O6S. The van der Waals surface area contributed by atoms with Gasteiger partial charge in [-0.05, 0) is 42.3 Å². The predicted octanol–water partition coefficient (Wildman–Crippen LogP) is 4.06. The van der Waals surface area contributed by atoms with Gasteiger partial charge in [-0.1, -0.05) is 29.8 Å². The van der Waals surface area contributed by atoms with Gasteiger partial charge in [0.05, 0.1) is 0 Å². The Morgan fingerprint density at radius 2 is 2.06 bits per heavy atom. The summed E-state index contributed by atoms with van der Waals surface area (Å²) < 4.78 is 20.0. The zero-order valence-corrected chi connectivity index (χ0v) is 19.1. The first-order chi connectivity index (χ1) is 16.9. The van der Waals surface area contributed by atoms with E-state index in [0.717, 1.165) is 11.5 Å². The van der Waals surface area contributed by atoms with Crippen LogP contribution in [0.1, 0.15) is 40.8 Å². The molecule has 3 aromatic heterocycles. The molecule has 35 heavy (non-hydrogen) atoms. The number of oxazole rings is 2. The minimum Gasteiger partial charge on any atom is -0.480 e. The maximum atomic E-state index is 12.3. The number of halogens is 1. The fourth-order valence-corrected chi connectivity index (χ4v) is 3.96. The molecule has 0 aliphatic heterocycles. The Labute approximate surface area is 205 Å². The Balaban J connectivity index is 1.32. The fourth-order valence-electron chi connectivity index (χ4n) is 3.12. The fraction of sp³-hybridized carbons (Fsp3) is 0.182. The van der Waals surface area contributed by atoms with E-state index in [2.05, 4.69) is 31.5 Å². The molecule has 4 aromatic rings. The lowest BCUT2D eigenvalue weighted by Crippen LogP contribution is -2.19. The van der Waals surface area contributed by atoms with Gasteiger partial charge in [-0.3, -0.25) is 10.1 Å². The van der Waals surface area contributed by atoms with Gasteiger partial charge in [-0.2, -0.15) is 19.6 Å². The van der Waals surface area contributed by atoms with Gasteiger partial charge in [0.1, 0.15) is 28.7 Å². The normalized spacial score (nSPS) is 13.5. The third kappa shape index (κ3) is 4.28. The summed E-state index contributed by atoms with van der Waals surface area (Å²) in [7, 11) is 0. The van der Waals surface area contributed by atoms with Gasteiger partial charge in [0.15, 0.2) is 5.69 Å². The van der Waals surface area contributed by atoms with Crippen molar-refractivity contribution in [2.45, 2.75) is 24.9 Å². The molecule has 13 heteroatoms. The van der Waals surface area contributed by atoms with Crippen LogP contribution in [-0.2, 0) is 21.6 Å². The molecule has 174 valence electrons. The van der Waals surface area contributed by atoms with Crippen LogP contribution in [0.5, 0.6) is 0 Å². The van der Waals surface area contributed by atoms with E-state index < -0.39 is 17.5 Å². The van der Waals surface area contributed by atoms with E-state index in [4.69, 9.17) is 25.2 Å². The number of hydrogen-bond acceptors (Lipinski definition) is 10. The lowest BCUT2D eigenvalue weighted by atomic mass is 10.1. The molecule has 0 radical (unpaired) electrons. The van der Waals surface area contributed by atoms with Crippen molar-refractivity contribution < 1.29 is 28.3 Å². The first-order valence-corrected chi connectivity index (χ1v) is 11.1. The van der Waals surface area contributed by atoms with E-state index >= 15 is 0 Å². The SMILES string of the molecule is N#Cc1nsc(C#Cc2nc3nc(C4(C(=O)O)CC4)oc3o2)c1NC(=O)OCc1ccccc1Cl. The zero-order valence-electron chi connectivity index (χ0n) is 17.5. The van der Waals surface area contributed by atoms with E-state index in [1.807, 2.05) is 6.07 Å². The van der Waals surface area contributed by atoms with Crippen molar-refractivity contribution in [1.29, 1.82) is 5.26 Å². The molecule has 1 aliphatic carbocycles. The third-order valence-electron chi connectivity index (χ3n) is 5.17. The number of aliphatic carboxylic acids is 1. The van der Waals surface area contributed by atoms with Gasteiger partial charge in [-0.25, -0.2) is 4.79 Å². The van der Waals surface area contributed by atoms with E-state index in [0.29, 0.717) is 23.4 Å². The number of aromatic nitrogens is 3. The monoisotopic (exact) mass is 509 g/mol. The number of carboxylic acid groups (broad SMARTS) is 1. The van der Waals surface area contributed by atoms with Gasteiger partial charge in [0.2, 0.25) is 11.5 Å². The van der Waals surface area contributed by atoms with E-state index in [1.54, 1.807) is 24.3 Å². The van der Waals surface area contributed by atoms with Crippen molar-refractivity contribution in [3.8, 4) is 17.9 Å². The Morgan fingerprint density at radius 3 is 2.74 bits per heavy atom. The molecule has 1 aromatic carbocycles.